The first-order chi connectivity index (χ1) is 11.2. The zero-order chi connectivity index (χ0) is 16.0. The molecule has 0 radical (unpaired) electrons. The van der Waals surface area contributed by atoms with Crippen molar-refractivity contribution in [1.29, 1.82) is 0 Å². The number of nitrogens with zero attached hydrogens (tertiary/aromatic N) is 5. The van der Waals surface area contributed by atoms with E-state index in [1.54, 1.807) is 18.5 Å². The molecule has 6 nitrogen and oxygen atoms in total. The van der Waals surface area contributed by atoms with Gasteiger partial charge in [-0.15, -0.1) is 11.6 Å². The summed E-state index contributed by atoms with van der Waals surface area (Å²) in [5.74, 6) is 0.678. The van der Waals surface area contributed by atoms with Gasteiger partial charge in [0.1, 0.15) is 23.7 Å². The molecule has 0 fully saturated rings. The van der Waals surface area contributed by atoms with E-state index >= 15 is 0 Å². The van der Waals surface area contributed by atoms with Crippen LogP contribution in [0.1, 0.15) is 17.1 Å². The molecule has 0 bridgehead atoms. The topological polar surface area (TPSA) is 60.0 Å². The molecule has 0 saturated carbocycles. The summed E-state index contributed by atoms with van der Waals surface area (Å²) in [6.07, 6.45) is 1.71. The molecule has 0 amide bonds. The second kappa shape index (κ2) is 5.43. The lowest BCUT2D eigenvalue weighted by Crippen LogP contribution is -2.16. The number of alkyl halides is 1. The van der Waals surface area contributed by atoms with Crippen LogP contribution in [0.5, 0.6) is 0 Å². The van der Waals surface area contributed by atoms with Crippen molar-refractivity contribution < 1.29 is 8.91 Å². The van der Waals surface area contributed by atoms with Gasteiger partial charge in [-0.2, -0.15) is 4.98 Å². The summed E-state index contributed by atoms with van der Waals surface area (Å²) in [6.45, 7) is 1.28. The van der Waals surface area contributed by atoms with E-state index in [9.17, 15) is 4.39 Å². The maximum absolute atomic E-state index is 13.6. The van der Waals surface area contributed by atoms with Crippen molar-refractivity contribution in [3.63, 3.8) is 0 Å². The molecule has 0 spiro atoms. The molecule has 1 aliphatic rings. The monoisotopic (exact) mass is 333 g/mol. The summed E-state index contributed by atoms with van der Waals surface area (Å²) in [5, 5.41) is 3.94. The van der Waals surface area contributed by atoms with E-state index in [0.717, 1.165) is 16.9 Å². The normalized spacial score (nSPS) is 14.4. The maximum Gasteiger partial charge on any atom is 0.241 e. The molecule has 0 saturated heterocycles. The van der Waals surface area contributed by atoms with Gasteiger partial charge in [-0.05, 0) is 30.8 Å². The van der Waals surface area contributed by atoms with Gasteiger partial charge >= 0.3 is 0 Å². The minimum atomic E-state index is -0.245. The van der Waals surface area contributed by atoms with E-state index in [1.165, 1.54) is 6.07 Å². The van der Waals surface area contributed by atoms with Crippen LogP contribution in [-0.4, -0.2) is 31.6 Å². The molecule has 1 aliphatic heterocycles. The number of benzene rings is 1. The number of hydrogen-bond acceptors (Lipinski definition) is 5. The molecule has 4 rings (SSSR count). The fourth-order valence-electron chi connectivity index (χ4n) is 2.84. The van der Waals surface area contributed by atoms with Crippen LogP contribution in [0.3, 0.4) is 0 Å². The Morgan fingerprint density at radius 1 is 1.35 bits per heavy atom. The van der Waals surface area contributed by atoms with Gasteiger partial charge in [0.15, 0.2) is 0 Å². The van der Waals surface area contributed by atoms with Gasteiger partial charge in [0.2, 0.25) is 11.7 Å². The van der Waals surface area contributed by atoms with E-state index < -0.39 is 0 Å². The third-order valence-electron chi connectivity index (χ3n) is 3.82. The molecule has 23 heavy (non-hydrogen) atoms. The first-order valence-corrected chi connectivity index (χ1v) is 7.61. The highest BCUT2D eigenvalue weighted by Crippen LogP contribution is 2.29. The van der Waals surface area contributed by atoms with Crippen LogP contribution in [-0.2, 0) is 19.0 Å². The lowest BCUT2D eigenvalue weighted by atomic mass is 10.1. The minimum absolute atomic E-state index is 0.158. The Balaban J connectivity index is 1.88. The molecule has 0 atom stereocenters. The van der Waals surface area contributed by atoms with Crippen LogP contribution >= 0.6 is 11.6 Å². The van der Waals surface area contributed by atoms with Crippen molar-refractivity contribution in [3.05, 3.63) is 47.5 Å². The zero-order valence-corrected chi connectivity index (χ0v) is 13.1. The van der Waals surface area contributed by atoms with Crippen molar-refractivity contribution in [2.75, 3.05) is 7.05 Å². The molecule has 118 valence electrons. The Morgan fingerprint density at radius 2 is 2.22 bits per heavy atom. The fraction of sp³-hybridized carbons (Fsp3) is 0.267. The van der Waals surface area contributed by atoms with Crippen LogP contribution in [0, 0.1) is 5.82 Å². The molecule has 3 heterocycles. The predicted molar refractivity (Wildman–Crippen MR) is 81.5 cm³/mol. The smallest absolute Gasteiger partial charge is 0.241 e. The second-order valence-corrected chi connectivity index (χ2v) is 5.77. The summed E-state index contributed by atoms with van der Waals surface area (Å²) in [5.41, 5.74) is 3.39. The quantitative estimate of drug-likeness (QED) is 0.675. The van der Waals surface area contributed by atoms with Gasteiger partial charge in [0.05, 0.1) is 11.4 Å². The molecule has 0 aliphatic carbocycles. The van der Waals surface area contributed by atoms with Crippen LogP contribution in [0.25, 0.3) is 17.2 Å². The number of fused-ring (bicyclic) bond motifs is 3. The fourth-order valence-corrected chi connectivity index (χ4v) is 2.95. The van der Waals surface area contributed by atoms with Gasteiger partial charge in [-0.1, -0.05) is 5.16 Å². The lowest BCUT2D eigenvalue weighted by Gasteiger charge is -2.13. The molecule has 2 aromatic heterocycles. The standard InChI is InChI=1S/C15H13ClFN5O/c1-21-6-9-4-10(17)2-3-11(9)22-8-18-14(12(22)7-21)15-19-13(5-16)23-20-15/h2-4,8H,5-7H2,1H3. The van der Waals surface area contributed by atoms with E-state index in [0.29, 0.717) is 30.5 Å². The largest absolute Gasteiger partial charge is 0.338 e. The first kappa shape index (κ1) is 14.3. The van der Waals surface area contributed by atoms with Gasteiger partial charge < -0.3 is 9.09 Å². The van der Waals surface area contributed by atoms with Crippen molar-refractivity contribution in [2.45, 2.75) is 19.0 Å². The molecular formula is C15H13ClFN5O. The van der Waals surface area contributed by atoms with Crippen molar-refractivity contribution in [1.82, 2.24) is 24.6 Å². The summed E-state index contributed by atoms with van der Waals surface area (Å²) in [4.78, 5) is 10.8. The van der Waals surface area contributed by atoms with Gasteiger partial charge in [0, 0.05) is 13.1 Å². The third kappa shape index (κ3) is 2.42. The van der Waals surface area contributed by atoms with Crippen LogP contribution < -0.4 is 0 Å². The van der Waals surface area contributed by atoms with Crippen molar-refractivity contribution in [2.24, 2.45) is 0 Å². The lowest BCUT2D eigenvalue weighted by molar-refractivity contribution is 0.320. The van der Waals surface area contributed by atoms with E-state index in [2.05, 4.69) is 20.0 Å². The second-order valence-electron chi connectivity index (χ2n) is 5.50. The zero-order valence-electron chi connectivity index (χ0n) is 12.3. The highest BCUT2D eigenvalue weighted by molar-refractivity contribution is 6.16. The first-order valence-electron chi connectivity index (χ1n) is 7.08. The average molecular weight is 334 g/mol. The Bertz CT molecular complexity index is 875. The van der Waals surface area contributed by atoms with Gasteiger partial charge in [0.25, 0.3) is 0 Å². The summed E-state index contributed by atoms with van der Waals surface area (Å²) < 4.78 is 20.6. The van der Waals surface area contributed by atoms with Crippen molar-refractivity contribution >= 4 is 11.6 Å². The molecule has 0 unspecified atom stereocenters. The van der Waals surface area contributed by atoms with E-state index in [-0.39, 0.29) is 11.7 Å². The summed E-state index contributed by atoms with van der Waals surface area (Å²) >= 11 is 5.71. The maximum atomic E-state index is 13.6. The number of hydrogen-bond donors (Lipinski definition) is 0. The molecule has 3 aromatic rings. The average Bonchev–Trinajstić information content (AvgIpc) is 3.11. The van der Waals surface area contributed by atoms with Crippen LogP contribution in [0.4, 0.5) is 4.39 Å². The Morgan fingerprint density at radius 3 is 3.00 bits per heavy atom. The number of imidazole rings is 1. The molecule has 0 N–H and O–H groups in total. The Labute approximate surface area is 136 Å². The number of halogens is 2. The van der Waals surface area contributed by atoms with Crippen molar-refractivity contribution in [3.8, 4) is 17.2 Å². The van der Waals surface area contributed by atoms with Gasteiger partial charge in [-0.25, -0.2) is 9.37 Å². The molecule has 8 heteroatoms. The molecule has 1 aromatic carbocycles. The van der Waals surface area contributed by atoms with Crippen LogP contribution in [0.2, 0.25) is 0 Å². The SMILES string of the molecule is CN1Cc2cc(F)ccc2-n2cnc(-c3noc(CCl)n3)c2C1. The summed E-state index contributed by atoms with van der Waals surface area (Å²) in [7, 11) is 1.97. The third-order valence-corrected chi connectivity index (χ3v) is 4.05. The van der Waals surface area contributed by atoms with Gasteiger partial charge in [-0.3, -0.25) is 4.90 Å². The number of aromatic nitrogens is 4. The highest BCUT2D eigenvalue weighted by atomic mass is 35.5. The Hall–Kier alpha value is -2.25. The minimum Gasteiger partial charge on any atom is -0.338 e. The highest BCUT2D eigenvalue weighted by Gasteiger charge is 2.24. The Kier molecular flexibility index (Phi) is 3.39. The summed E-state index contributed by atoms with van der Waals surface area (Å²) in [6, 6.07) is 4.77. The molecular weight excluding hydrogens is 321 g/mol. The van der Waals surface area contributed by atoms with E-state index in [1.807, 2.05) is 11.6 Å². The predicted octanol–water partition coefficient (Wildman–Crippen LogP) is 2.75. The van der Waals surface area contributed by atoms with E-state index in [4.69, 9.17) is 16.1 Å². The van der Waals surface area contributed by atoms with Crippen LogP contribution in [0.15, 0.2) is 29.0 Å². The number of rotatable bonds is 2.